The lowest BCUT2D eigenvalue weighted by molar-refractivity contribution is 0.197. The number of aliphatic imine (C=N–C) groups is 1. The second-order valence-corrected chi connectivity index (χ2v) is 4.27. The zero-order chi connectivity index (χ0) is 11.8. The van der Waals surface area contributed by atoms with Crippen molar-refractivity contribution in [3.8, 4) is 0 Å². The van der Waals surface area contributed by atoms with Gasteiger partial charge >= 0.3 is 6.03 Å². The first-order valence-corrected chi connectivity index (χ1v) is 5.20. The molecule has 0 radical (unpaired) electrons. The zero-order valence-electron chi connectivity index (χ0n) is 9.47. The summed E-state index contributed by atoms with van der Waals surface area (Å²) in [4.78, 5) is 16.8. The molecule has 0 saturated carbocycles. The number of rotatable bonds is 2. The molecule has 0 spiro atoms. The molecule has 0 bridgehead atoms. The van der Waals surface area contributed by atoms with Gasteiger partial charge in [0, 0.05) is 13.5 Å². The smallest absolute Gasteiger partial charge is 0.345 e. The lowest BCUT2D eigenvalue weighted by Gasteiger charge is -2.31. The number of amides is 2. The summed E-state index contributed by atoms with van der Waals surface area (Å²) in [5.41, 5.74) is 6.47. The third kappa shape index (κ3) is 1.56. The van der Waals surface area contributed by atoms with E-state index in [0.717, 1.165) is 5.56 Å². The van der Waals surface area contributed by atoms with E-state index in [0.29, 0.717) is 12.3 Å². The van der Waals surface area contributed by atoms with Gasteiger partial charge in [-0.1, -0.05) is 30.3 Å². The lowest BCUT2D eigenvalue weighted by atomic mass is 9.91. The number of carbonyl (C=O) groups is 1. The van der Waals surface area contributed by atoms with Gasteiger partial charge in [0.2, 0.25) is 0 Å². The Labute approximate surface area is 94.8 Å². The van der Waals surface area contributed by atoms with Gasteiger partial charge in [0.1, 0.15) is 11.4 Å². The van der Waals surface area contributed by atoms with Crippen molar-refractivity contribution in [3.63, 3.8) is 0 Å². The van der Waals surface area contributed by atoms with Gasteiger partial charge in [-0.05, 0) is 12.5 Å². The summed E-state index contributed by atoms with van der Waals surface area (Å²) in [7, 11) is 1.73. The quantitative estimate of drug-likeness (QED) is 0.814. The fourth-order valence-corrected chi connectivity index (χ4v) is 1.88. The highest BCUT2D eigenvalue weighted by Crippen LogP contribution is 2.25. The molecule has 0 fully saturated rings. The number of urea groups is 1. The molecule has 4 heteroatoms. The van der Waals surface area contributed by atoms with Crippen LogP contribution in [0.3, 0.4) is 0 Å². The van der Waals surface area contributed by atoms with E-state index >= 15 is 0 Å². The second kappa shape index (κ2) is 3.63. The van der Waals surface area contributed by atoms with E-state index in [9.17, 15) is 4.79 Å². The van der Waals surface area contributed by atoms with Crippen LogP contribution in [0.15, 0.2) is 35.3 Å². The van der Waals surface area contributed by atoms with Crippen LogP contribution in [0.1, 0.15) is 12.5 Å². The molecule has 0 aromatic heterocycles. The highest BCUT2D eigenvalue weighted by Gasteiger charge is 2.42. The fraction of sp³-hybridized carbons (Fsp3) is 0.333. The van der Waals surface area contributed by atoms with Gasteiger partial charge in [-0.15, -0.1) is 0 Å². The van der Waals surface area contributed by atoms with Gasteiger partial charge in [-0.25, -0.2) is 4.79 Å². The minimum atomic E-state index is -0.502. The largest absolute Gasteiger partial charge is 0.385 e. The summed E-state index contributed by atoms with van der Waals surface area (Å²) in [6.07, 6.45) is 0.686. The van der Waals surface area contributed by atoms with Crippen molar-refractivity contribution in [1.82, 2.24) is 4.90 Å². The molecule has 84 valence electrons. The number of amidine groups is 1. The number of nitrogens with zero attached hydrogens (tertiary/aromatic N) is 2. The minimum Gasteiger partial charge on any atom is -0.385 e. The van der Waals surface area contributed by atoms with Crippen LogP contribution in [-0.4, -0.2) is 29.4 Å². The van der Waals surface area contributed by atoms with Gasteiger partial charge in [0.05, 0.1) is 0 Å². The number of benzene rings is 1. The Balaban J connectivity index is 2.28. The van der Waals surface area contributed by atoms with Gasteiger partial charge in [0.15, 0.2) is 0 Å². The Bertz CT molecular complexity index is 441. The molecule has 2 N–H and O–H groups in total. The van der Waals surface area contributed by atoms with E-state index in [4.69, 9.17) is 5.73 Å². The van der Waals surface area contributed by atoms with Crippen LogP contribution < -0.4 is 5.73 Å². The van der Waals surface area contributed by atoms with Crippen molar-refractivity contribution in [2.24, 2.45) is 10.7 Å². The number of nitrogens with two attached hydrogens (primary N) is 1. The third-order valence-electron chi connectivity index (χ3n) is 3.19. The normalized spacial score (nSPS) is 24.8. The Morgan fingerprint density at radius 1 is 1.38 bits per heavy atom. The van der Waals surface area contributed by atoms with E-state index in [1.807, 2.05) is 37.3 Å². The van der Waals surface area contributed by atoms with Gasteiger partial charge in [0.25, 0.3) is 0 Å². The molecule has 1 aliphatic rings. The number of hydrogen-bond donors (Lipinski definition) is 1. The molecular formula is C12H15N3O. The van der Waals surface area contributed by atoms with E-state index in [2.05, 4.69) is 4.99 Å². The van der Waals surface area contributed by atoms with Gasteiger partial charge in [-0.2, -0.15) is 4.99 Å². The van der Waals surface area contributed by atoms with Crippen molar-refractivity contribution < 1.29 is 4.79 Å². The Kier molecular flexibility index (Phi) is 2.42. The van der Waals surface area contributed by atoms with Crippen LogP contribution in [0.25, 0.3) is 0 Å². The summed E-state index contributed by atoms with van der Waals surface area (Å²) >= 11 is 0. The number of likely N-dealkylation sites (N-methyl/N-ethyl adjacent to an activating group) is 1. The van der Waals surface area contributed by atoms with Crippen LogP contribution in [0.4, 0.5) is 4.79 Å². The zero-order valence-corrected chi connectivity index (χ0v) is 9.47. The van der Waals surface area contributed by atoms with Crippen LogP contribution >= 0.6 is 0 Å². The van der Waals surface area contributed by atoms with Gasteiger partial charge < -0.3 is 10.6 Å². The van der Waals surface area contributed by atoms with E-state index in [1.165, 1.54) is 0 Å². The van der Waals surface area contributed by atoms with Crippen molar-refractivity contribution in [3.05, 3.63) is 35.9 Å². The Morgan fingerprint density at radius 3 is 2.50 bits per heavy atom. The summed E-state index contributed by atoms with van der Waals surface area (Å²) in [6.45, 7) is 1.93. The standard InChI is InChI=1S/C12H15N3O/c1-12(8-9-6-4-3-5-7-9)10(13)14-11(16)15(12)2/h3-7H,8H2,1-2H3,(H2,13,14,16). The molecule has 1 heterocycles. The minimum absolute atomic E-state index is 0.268. The SMILES string of the molecule is CN1C(=O)N=C(N)C1(C)Cc1ccccc1. The van der Waals surface area contributed by atoms with Crippen molar-refractivity contribution >= 4 is 11.9 Å². The third-order valence-corrected chi connectivity index (χ3v) is 3.19. The van der Waals surface area contributed by atoms with E-state index in [1.54, 1.807) is 11.9 Å². The number of carbonyl (C=O) groups excluding carboxylic acids is 1. The first-order valence-electron chi connectivity index (χ1n) is 5.20. The Hall–Kier alpha value is -1.84. The molecule has 1 aromatic carbocycles. The number of hydrogen-bond acceptors (Lipinski definition) is 2. The maximum absolute atomic E-state index is 11.4. The van der Waals surface area contributed by atoms with Crippen LogP contribution in [-0.2, 0) is 6.42 Å². The first-order chi connectivity index (χ1) is 7.54. The van der Waals surface area contributed by atoms with Crippen LogP contribution in [0, 0.1) is 0 Å². The first kappa shape index (κ1) is 10.7. The molecule has 2 rings (SSSR count). The van der Waals surface area contributed by atoms with Crippen molar-refractivity contribution in [1.29, 1.82) is 0 Å². The molecule has 4 nitrogen and oxygen atoms in total. The van der Waals surface area contributed by atoms with E-state index < -0.39 is 5.54 Å². The summed E-state index contributed by atoms with van der Waals surface area (Å²) in [5, 5.41) is 0. The van der Waals surface area contributed by atoms with Gasteiger partial charge in [-0.3, -0.25) is 0 Å². The predicted molar refractivity (Wildman–Crippen MR) is 63.3 cm³/mol. The van der Waals surface area contributed by atoms with E-state index in [-0.39, 0.29) is 6.03 Å². The molecule has 1 unspecified atom stereocenters. The monoisotopic (exact) mass is 217 g/mol. The fourth-order valence-electron chi connectivity index (χ4n) is 1.88. The average molecular weight is 217 g/mol. The molecule has 0 saturated heterocycles. The summed E-state index contributed by atoms with van der Waals surface area (Å²) in [5.74, 6) is 0.392. The Morgan fingerprint density at radius 2 is 2.00 bits per heavy atom. The average Bonchev–Trinajstić information content (AvgIpc) is 2.45. The maximum atomic E-state index is 11.4. The molecule has 0 aliphatic carbocycles. The molecular weight excluding hydrogens is 202 g/mol. The molecule has 1 atom stereocenters. The predicted octanol–water partition coefficient (Wildman–Crippen LogP) is 1.41. The second-order valence-electron chi connectivity index (χ2n) is 4.27. The van der Waals surface area contributed by atoms with Crippen molar-refractivity contribution in [2.45, 2.75) is 18.9 Å². The van der Waals surface area contributed by atoms with Crippen LogP contribution in [0.5, 0.6) is 0 Å². The molecule has 1 aliphatic heterocycles. The highest BCUT2D eigenvalue weighted by atomic mass is 16.2. The highest BCUT2D eigenvalue weighted by molar-refractivity contribution is 6.05. The summed E-state index contributed by atoms with van der Waals surface area (Å²) in [6, 6.07) is 9.69. The molecule has 1 aromatic rings. The summed E-state index contributed by atoms with van der Waals surface area (Å²) < 4.78 is 0. The van der Waals surface area contributed by atoms with Crippen LogP contribution in [0.2, 0.25) is 0 Å². The van der Waals surface area contributed by atoms with Crippen molar-refractivity contribution in [2.75, 3.05) is 7.05 Å². The topological polar surface area (TPSA) is 58.7 Å². The molecule has 16 heavy (non-hydrogen) atoms. The maximum Gasteiger partial charge on any atom is 0.345 e. The lowest BCUT2D eigenvalue weighted by Crippen LogP contribution is -2.51. The molecule has 2 amide bonds.